The summed E-state index contributed by atoms with van der Waals surface area (Å²) in [5, 5.41) is 3.73. The summed E-state index contributed by atoms with van der Waals surface area (Å²) in [7, 11) is 0. The lowest BCUT2D eigenvalue weighted by molar-refractivity contribution is 0.397. The number of benzene rings is 1. The molecule has 0 heterocycles. The van der Waals surface area contributed by atoms with Crippen LogP contribution in [0.4, 0.5) is 4.39 Å². The fraction of sp³-hybridized carbons (Fsp3) is 0.600. The molecule has 0 amide bonds. The number of nitrogens with one attached hydrogen (secondary N) is 1. The van der Waals surface area contributed by atoms with Gasteiger partial charge in [-0.05, 0) is 36.9 Å². The van der Waals surface area contributed by atoms with Crippen molar-refractivity contribution in [3.63, 3.8) is 0 Å². The molecule has 0 aliphatic heterocycles. The summed E-state index contributed by atoms with van der Waals surface area (Å²) in [4.78, 5) is 0. The Hall–Kier alpha value is -0.600. The molecule has 0 aromatic heterocycles. The van der Waals surface area contributed by atoms with Gasteiger partial charge in [-0.2, -0.15) is 0 Å². The highest BCUT2D eigenvalue weighted by Crippen LogP contribution is 2.22. The smallest absolute Gasteiger partial charge is 0.142 e. The van der Waals surface area contributed by atoms with Gasteiger partial charge in [-0.3, -0.25) is 0 Å². The van der Waals surface area contributed by atoms with E-state index in [2.05, 4.69) is 26.1 Å². The first-order valence-electron chi connectivity index (χ1n) is 6.74. The van der Waals surface area contributed by atoms with Crippen LogP contribution >= 0.6 is 11.6 Å². The van der Waals surface area contributed by atoms with Gasteiger partial charge in [0.2, 0.25) is 0 Å². The molecule has 1 rings (SSSR count). The molecule has 18 heavy (non-hydrogen) atoms. The van der Waals surface area contributed by atoms with Crippen molar-refractivity contribution in [3.8, 4) is 0 Å². The first-order valence-corrected chi connectivity index (χ1v) is 7.12. The highest BCUT2D eigenvalue weighted by atomic mass is 35.5. The molecule has 1 nitrogen and oxygen atoms in total. The lowest BCUT2D eigenvalue weighted by Crippen LogP contribution is -2.32. The molecule has 0 radical (unpaired) electrons. The van der Waals surface area contributed by atoms with Gasteiger partial charge in [0.1, 0.15) is 5.82 Å². The molecule has 102 valence electrons. The van der Waals surface area contributed by atoms with Crippen molar-refractivity contribution in [2.24, 2.45) is 5.92 Å². The van der Waals surface area contributed by atoms with Crippen LogP contribution in [0.2, 0.25) is 5.02 Å². The van der Waals surface area contributed by atoms with Crippen molar-refractivity contribution >= 4 is 11.6 Å². The van der Waals surface area contributed by atoms with Gasteiger partial charge in [0, 0.05) is 6.04 Å². The lowest BCUT2D eigenvalue weighted by Gasteiger charge is -2.21. The van der Waals surface area contributed by atoms with Crippen LogP contribution in [0.3, 0.4) is 0 Å². The molecule has 0 spiro atoms. The minimum absolute atomic E-state index is 0.268. The summed E-state index contributed by atoms with van der Waals surface area (Å²) in [6.07, 6.45) is 3.05. The topological polar surface area (TPSA) is 12.0 Å². The predicted octanol–water partition coefficient (Wildman–Crippen LogP) is 4.44. The second kappa shape index (κ2) is 7.75. The Labute approximate surface area is 115 Å². The Balaban J connectivity index is 2.73. The van der Waals surface area contributed by atoms with E-state index in [4.69, 9.17) is 11.6 Å². The molecule has 1 N–H and O–H groups in total. The summed E-state index contributed by atoms with van der Waals surface area (Å²) in [6.45, 7) is 7.46. The van der Waals surface area contributed by atoms with E-state index < -0.39 is 0 Å². The number of likely N-dealkylation sites (N-methyl/N-ethyl adjacent to an activating group) is 1. The third-order valence-corrected chi connectivity index (χ3v) is 3.80. The second-order valence-electron chi connectivity index (χ2n) is 4.92. The molecule has 0 aliphatic carbocycles. The Morgan fingerprint density at radius 3 is 2.67 bits per heavy atom. The van der Waals surface area contributed by atoms with Crippen molar-refractivity contribution in [2.45, 2.75) is 46.1 Å². The van der Waals surface area contributed by atoms with Crippen LogP contribution < -0.4 is 5.32 Å². The van der Waals surface area contributed by atoms with Crippen LogP contribution in [0.25, 0.3) is 0 Å². The van der Waals surface area contributed by atoms with E-state index in [1.165, 1.54) is 12.5 Å². The summed E-state index contributed by atoms with van der Waals surface area (Å²) < 4.78 is 13.4. The summed E-state index contributed by atoms with van der Waals surface area (Å²) in [5.74, 6) is 0.342. The van der Waals surface area contributed by atoms with Crippen molar-refractivity contribution in [1.29, 1.82) is 0 Å². The van der Waals surface area contributed by atoms with E-state index in [9.17, 15) is 4.39 Å². The fourth-order valence-corrected chi connectivity index (χ4v) is 2.35. The quantitative estimate of drug-likeness (QED) is 0.773. The van der Waals surface area contributed by atoms with Gasteiger partial charge < -0.3 is 5.32 Å². The van der Waals surface area contributed by atoms with Crippen LogP contribution in [0.15, 0.2) is 18.2 Å². The zero-order valence-corrected chi connectivity index (χ0v) is 12.2. The zero-order chi connectivity index (χ0) is 13.5. The molecular weight excluding hydrogens is 249 g/mol. The van der Waals surface area contributed by atoms with Gasteiger partial charge in [-0.1, -0.05) is 50.9 Å². The Bertz CT molecular complexity index is 368. The first-order chi connectivity index (χ1) is 8.58. The van der Waals surface area contributed by atoms with Crippen molar-refractivity contribution < 1.29 is 4.39 Å². The number of halogens is 2. The highest BCUT2D eigenvalue weighted by molar-refractivity contribution is 6.31. The molecule has 0 fully saturated rings. The third-order valence-electron chi connectivity index (χ3n) is 3.37. The molecule has 2 unspecified atom stereocenters. The standard InChI is InChI=1S/C15H23ClFN/c1-4-11(3)9-13(18-5-2)10-12-7-6-8-14(17)15(12)16/h6-8,11,13,18H,4-5,9-10H2,1-3H3. The summed E-state index contributed by atoms with van der Waals surface area (Å²) >= 11 is 6.01. The van der Waals surface area contributed by atoms with Gasteiger partial charge in [0.25, 0.3) is 0 Å². The summed E-state index contributed by atoms with van der Waals surface area (Å²) in [6, 6.07) is 5.40. The van der Waals surface area contributed by atoms with Crippen LogP contribution in [0.5, 0.6) is 0 Å². The van der Waals surface area contributed by atoms with Crippen molar-refractivity contribution in [3.05, 3.63) is 34.6 Å². The van der Waals surface area contributed by atoms with E-state index in [0.717, 1.165) is 24.9 Å². The van der Waals surface area contributed by atoms with Gasteiger partial charge >= 0.3 is 0 Å². The van der Waals surface area contributed by atoms with Crippen LogP contribution in [-0.2, 0) is 6.42 Å². The third kappa shape index (κ3) is 4.58. The SMILES string of the molecule is CCNC(Cc1cccc(F)c1Cl)CC(C)CC. The van der Waals surface area contributed by atoms with E-state index in [-0.39, 0.29) is 10.8 Å². The minimum atomic E-state index is -0.326. The number of rotatable bonds is 7. The Morgan fingerprint density at radius 1 is 1.33 bits per heavy atom. The minimum Gasteiger partial charge on any atom is -0.314 e. The normalized spacial score (nSPS) is 14.5. The monoisotopic (exact) mass is 271 g/mol. The van der Waals surface area contributed by atoms with Crippen molar-refractivity contribution in [2.75, 3.05) is 6.54 Å². The fourth-order valence-electron chi connectivity index (χ4n) is 2.15. The highest BCUT2D eigenvalue weighted by Gasteiger charge is 2.15. The lowest BCUT2D eigenvalue weighted by atomic mass is 9.94. The molecule has 0 aliphatic rings. The molecular formula is C15H23ClFN. The van der Waals surface area contributed by atoms with E-state index in [1.54, 1.807) is 6.07 Å². The predicted molar refractivity (Wildman–Crippen MR) is 76.7 cm³/mol. The average Bonchev–Trinajstić information content (AvgIpc) is 2.35. The maximum Gasteiger partial charge on any atom is 0.142 e. The van der Waals surface area contributed by atoms with Gasteiger partial charge in [-0.15, -0.1) is 0 Å². The van der Waals surface area contributed by atoms with Gasteiger partial charge in [0.15, 0.2) is 0 Å². The van der Waals surface area contributed by atoms with Crippen molar-refractivity contribution in [1.82, 2.24) is 5.32 Å². The largest absolute Gasteiger partial charge is 0.314 e. The second-order valence-corrected chi connectivity index (χ2v) is 5.30. The maximum atomic E-state index is 13.4. The molecule has 2 atom stereocenters. The molecule has 3 heteroatoms. The maximum absolute atomic E-state index is 13.4. The molecule has 0 saturated carbocycles. The number of hydrogen-bond donors (Lipinski definition) is 1. The van der Waals surface area contributed by atoms with Crippen LogP contribution in [-0.4, -0.2) is 12.6 Å². The van der Waals surface area contributed by atoms with Gasteiger partial charge in [0.05, 0.1) is 5.02 Å². The first kappa shape index (κ1) is 15.5. The Kier molecular flexibility index (Phi) is 6.66. The molecule has 1 aromatic rings. The van der Waals surface area contributed by atoms with Gasteiger partial charge in [-0.25, -0.2) is 4.39 Å². The molecule has 0 bridgehead atoms. The van der Waals surface area contributed by atoms with Crippen LogP contribution in [0, 0.1) is 11.7 Å². The molecule has 0 saturated heterocycles. The van der Waals surface area contributed by atoms with Crippen LogP contribution in [0.1, 0.15) is 39.2 Å². The van der Waals surface area contributed by atoms with E-state index in [0.29, 0.717) is 12.0 Å². The zero-order valence-electron chi connectivity index (χ0n) is 11.5. The van der Waals surface area contributed by atoms with E-state index in [1.807, 2.05) is 6.07 Å². The average molecular weight is 272 g/mol. The summed E-state index contributed by atoms with van der Waals surface area (Å²) in [5.41, 5.74) is 0.894. The molecule has 1 aromatic carbocycles. The van der Waals surface area contributed by atoms with E-state index >= 15 is 0 Å². The number of hydrogen-bond acceptors (Lipinski definition) is 1. The Morgan fingerprint density at radius 2 is 2.06 bits per heavy atom.